The summed E-state index contributed by atoms with van der Waals surface area (Å²) in [5.41, 5.74) is 2.13. The van der Waals surface area contributed by atoms with Crippen LogP contribution in [0.25, 0.3) is 11.0 Å². The van der Waals surface area contributed by atoms with E-state index in [4.69, 9.17) is 4.42 Å². The molecule has 1 N–H and O–H groups in total. The SMILES string of the molecule is CN(C)[C@@H](CNC(=O)c1ccc2nsnc2c1)c1ccco1. The molecule has 0 saturated heterocycles. The van der Waals surface area contributed by atoms with Crippen molar-refractivity contribution in [3.8, 4) is 0 Å². The van der Waals surface area contributed by atoms with Crippen molar-refractivity contribution in [2.75, 3.05) is 20.6 Å². The Labute approximate surface area is 132 Å². The number of likely N-dealkylation sites (N-methyl/N-ethyl adjacent to an activating group) is 1. The van der Waals surface area contributed by atoms with Gasteiger partial charge in [0.25, 0.3) is 5.91 Å². The van der Waals surface area contributed by atoms with Crippen molar-refractivity contribution in [2.24, 2.45) is 0 Å². The number of fused-ring (bicyclic) bond motifs is 1. The molecule has 0 unspecified atom stereocenters. The summed E-state index contributed by atoms with van der Waals surface area (Å²) in [6.07, 6.45) is 1.64. The molecule has 2 aromatic heterocycles. The number of furan rings is 1. The van der Waals surface area contributed by atoms with Gasteiger partial charge >= 0.3 is 0 Å². The van der Waals surface area contributed by atoms with Crippen molar-refractivity contribution in [3.05, 3.63) is 47.9 Å². The van der Waals surface area contributed by atoms with Gasteiger partial charge in [-0.1, -0.05) is 0 Å². The molecule has 114 valence electrons. The molecule has 1 aromatic carbocycles. The molecule has 0 fully saturated rings. The molecular weight excluding hydrogens is 300 g/mol. The fourth-order valence-corrected chi connectivity index (χ4v) is 2.75. The number of amides is 1. The van der Waals surface area contributed by atoms with Gasteiger partial charge in [-0.3, -0.25) is 9.69 Å². The van der Waals surface area contributed by atoms with Gasteiger partial charge in [0, 0.05) is 12.1 Å². The van der Waals surface area contributed by atoms with Crippen molar-refractivity contribution in [3.63, 3.8) is 0 Å². The Kier molecular flexibility index (Phi) is 4.17. The highest BCUT2D eigenvalue weighted by Gasteiger charge is 2.18. The summed E-state index contributed by atoms with van der Waals surface area (Å²) in [5.74, 6) is 0.692. The lowest BCUT2D eigenvalue weighted by atomic mass is 10.1. The number of nitrogens with one attached hydrogen (secondary N) is 1. The molecule has 0 aliphatic heterocycles. The van der Waals surface area contributed by atoms with Crippen LogP contribution in [-0.2, 0) is 0 Å². The second kappa shape index (κ2) is 6.25. The molecule has 1 atom stereocenters. The van der Waals surface area contributed by atoms with Gasteiger partial charge in [-0.15, -0.1) is 0 Å². The van der Waals surface area contributed by atoms with Crippen LogP contribution in [0.1, 0.15) is 22.2 Å². The minimum Gasteiger partial charge on any atom is -0.468 e. The van der Waals surface area contributed by atoms with Crippen molar-refractivity contribution in [1.82, 2.24) is 19.0 Å². The van der Waals surface area contributed by atoms with Gasteiger partial charge in [0.1, 0.15) is 16.8 Å². The highest BCUT2D eigenvalue weighted by Crippen LogP contribution is 2.18. The second-order valence-corrected chi connectivity index (χ2v) is 5.70. The van der Waals surface area contributed by atoms with Gasteiger partial charge in [0.05, 0.1) is 24.0 Å². The van der Waals surface area contributed by atoms with E-state index in [2.05, 4.69) is 14.1 Å². The standard InChI is InChI=1S/C15H16N4O2S/c1-19(2)13(14-4-3-7-21-14)9-16-15(20)10-5-6-11-12(8-10)18-22-17-11/h3-8,13H,9H2,1-2H3,(H,16,20)/t13-/m0/s1. The maximum absolute atomic E-state index is 12.3. The summed E-state index contributed by atoms with van der Waals surface area (Å²) in [6, 6.07) is 9.07. The average Bonchev–Trinajstić information content (AvgIpc) is 3.17. The van der Waals surface area contributed by atoms with E-state index in [1.807, 2.05) is 37.2 Å². The molecule has 6 nitrogen and oxygen atoms in total. The first-order valence-corrected chi connectivity index (χ1v) is 7.58. The highest BCUT2D eigenvalue weighted by molar-refractivity contribution is 7.00. The molecule has 0 aliphatic carbocycles. The fourth-order valence-electron chi connectivity index (χ4n) is 2.23. The van der Waals surface area contributed by atoms with E-state index in [0.29, 0.717) is 12.1 Å². The van der Waals surface area contributed by atoms with Crippen LogP contribution < -0.4 is 5.32 Å². The van der Waals surface area contributed by atoms with Crippen LogP contribution >= 0.6 is 11.7 Å². The third-order valence-electron chi connectivity index (χ3n) is 3.47. The maximum atomic E-state index is 12.3. The molecule has 0 spiro atoms. The van der Waals surface area contributed by atoms with Gasteiger partial charge in [0.2, 0.25) is 0 Å². The Balaban J connectivity index is 1.70. The van der Waals surface area contributed by atoms with Crippen molar-refractivity contribution in [2.45, 2.75) is 6.04 Å². The number of hydrogen-bond donors (Lipinski definition) is 1. The first-order valence-electron chi connectivity index (χ1n) is 6.85. The van der Waals surface area contributed by atoms with Gasteiger partial charge in [0.15, 0.2) is 0 Å². The topological polar surface area (TPSA) is 71.3 Å². The number of nitrogens with zero attached hydrogens (tertiary/aromatic N) is 3. The molecule has 3 rings (SSSR count). The van der Waals surface area contributed by atoms with Crippen LogP contribution in [-0.4, -0.2) is 40.2 Å². The maximum Gasteiger partial charge on any atom is 0.251 e. The Morgan fingerprint density at radius 1 is 1.32 bits per heavy atom. The lowest BCUT2D eigenvalue weighted by Crippen LogP contribution is -2.34. The zero-order valence-corrected chi connectivity index (χ0v) is 13.1. The summed E-state index contributed by atoms with van der Waals surface area (Å²) in [7, 11) is 3.90. The number of hydrogen-bond acceptors (Lipinski definition) is 6. The largest absolute Gasteiger partial charge is 0.468 e. The van der Waals surface area contributed by atoms with Crippen molar-refractivity contribution < 1.29 is 9.21 Å². The van der Waals surface area contributed by atoms with E-state index in [1.165, 1.54) is 0 Å². The summed E-state index contributed by atoms with van der Waals surface area (Å²) >= 11 is 1.14. The van der Waals surface area contributed by atoms with Crippen molar-refractivity contribution >= 4 is 28.7 Å². The Morgan fingerprint density at radius 2 is 2.14 bits per heavy atom. The van der Waals surface area contributed by atoms with E-state index >= 15 is 0 Å². The Hall–Kier alpha value is -2.25. The number of carbonyl (C=O) groups is 1. The normalized spacial score (nSPS) is 12.7. The molecule has 0 aliphatic rings. The van der Waals surface area contributed by atoms with E-state index in [-0.39, 0.29) is 11.9 Å². The van der Waals surface area contributed by atoms with Crippen LogP contribution in [0.2, 0.25) is 0 Å². The number of aromatic nitrogens is 2. The van der Waals surface area contributed by atoms with E-state index in [9.17, 15) is 4.79 Å². The third-order valence-corrected chi connectivity index (χ3v) is 4.02. The van der Waals surface area contributed by atoms with Gasteiger partial charge in [-0.25, -0.2) is 0 Å². The van der Waals surface area contributed by atoms with Crippen molar-refractivity contribution in [1.29, 1.82) is 0 Å². The van der Waals surface area contributed by atoms with Gasteiger partial charge in [-0.2, -0.15) is 8.75 Å². The first kappa shape index (κ1) is 14.7. The average molecular weight is 316 g/mol. The molecular formula is C15H16N4O2S. The van der Waals surface area contributed by atoms with Crippen LogP contribution in [0.4, 0.5) is 0 Å². The molecule has 0 saturated carbocycles. The van der Waals surface area contributed by atoms with Crippen LogP contribution in [0.5, 0.6) is 0 Å². The second-order valence-electron chi connectivity index (χ2n) is 5.17. The quantitative estimate of drug-likeness (QED) is 0.782. The lowest BCUT2D eigenvalue weighted by molar-refractivity contribution is 0.0939. The zero-order valence-electron chi connectivity index (χ0n) is 12.3. The molecule has 0 bridgehead atoms. The molecule has 2 heterocycles. The molecule has 3 aromatic rings. The fraction of sp³-hybridized carbons (Fsp3) is 0.267. The predicted octanol–water partition coefficient (Wildman–Crippen LogP) is 2.32. The summed E-state index contributed by atoms with van der Waals surface area (Å²) in [4.78, 5) is 14.3. The highest BCUT2D eigenvalue weighted by atomic mass is 32.1. The predicted molar refractivity (Wildman–Crippen MR) is 84.9 cm³/mol. The smallest absolute Gasteiger partial charge is 0.251 e. The van der Waals surface area contributed by atoms with Crippen LogP contribution in [0.3, 0.4) is 0 Å². The minimum absolute atomic E-state index is 0.0105. The number of carbonyl (C=O) groups excluding carboxylic acids is 1. The number of rotatable bonds is 5. The third kappa shape index (κ3) is 3.00. The lowest BCUT2D eigenvalue weighted by Gasteiger charge is -2.22. The summed E-state index contributed by atoms with van der Waals surface area (Å²) < 4.78 is 13.7. The number of benzene rings is 1. The summed E-state index contributed by atoms with van der Waals surface area (Å²) in [6.45, 7) is 0.465. The van der Waals surface area contributed by atoms with Gasteiger partial charge in [-0.05, 0) is 44.4 Å². The molecule has 7 heteroatoms. The monoisotopic (exact) mass is 316 g/mol. The molecule has 0 radical (unpaired) electrons. The Bertz CT molecular complexity index is 767. The van der Waals surface area contributed by atoms with Crippen LogP contribution in [0, 0.1) is 0 Å². The Morgan fingerprint density at radius 3 is 2.86 bits per heavy atom. The van der Waals surface area contributed by atoms with Gasteiger partial charge < -0.3 is 9.73 Å². The molecule has 1 amide bonds. The van der Waals surface area contributed by atoms with E-state index in [1.54, 1.807) is 18.4 Å². The summed E-state index contributed by atoms with van der Waals surface area (Å²) in [5, 5.41) is 2.94. The first-order chi connectivity index (χ1) is 10.6. The van der Waals surface area contributed by atoms with E-state index < -0.39 is 0 Å². The van der Waals surface area contributed by atoms with E-state index in [0.717, 1.165) is 28.5 Å². The molecule has 22 heavy (non-hydrogen) atoms. The zero-order chi connectivity index (χ0) is 15.5. The minimum atomic E-state index is -0.131. The van der Waals surface area contributed by atoms with Crippen LogP contribution in [0.15, 0.2) is 41.0 Å².